The molecule has 0 aliphatic carbocycles. The van der Waals surface area contributed by atoms with Crippen LogP contribution in [0.1, 0.15) is 32.4 Å². The number of benzene rings is 1. The molecule has 6 heteroatoms. The molecule has 1 atom stereocenters. The predicted octanol–water partition coefficient (Wildman–Crippen LogP) is 2.77. The molecule has 1 fully saturated rings. The van der Waals surface area contributed by atoms with E-state index in [0.717, 1.165) is 11.3 Å². The van der Waals surface area contributed by atoms with Crippen LogP contribution in [0.25, 0.3) is 0 Å². The number of nitrogens with zero attached hydrogens (tertiary/aromatic N) is 2. The number of carbonyl (C=O) groups is 1. The lowest BCUT2D eigenvalue weighted by atomic mass is 10.0. The molecule has 1 saturated heterocycles. The molecule has 2 rings (SSSR count). The third-order valence-electron chi connectivity index (χ3n) is 3.70. The zero-order chi connectivity index (χ0) is 17.2. The Morgan fingerprint density at radius 2 is 2.09 bits per heavy atom. The largest absolute Gasteiger partial charge is 0.444 e. The summed E-state index contributed by atoms with van der Waals surface area (Å²) in [6.07, 6.45) is -0.335. The summed E-state index contributed by atoms with van der Waals surface area (Å²) in [7, 11) is 3.73. The normalized spacial score (nSPS) is 18.7. The highest BCUT2D eigenvalue weighted by molar-refractivity contribution is 5.70. The first-order chi connectivity index (χ1) is 10.7. The average Bonchev–Trinajstić information content (AvgIpc) is 2.45. The summed E-state index contributed by atoms with van der Waals surface area (Å²) in [4.78, 5) is 16.1. The van der Waals surface area contributed by atoms with Gasteiger partial charge in [0.05, 0.1) is 6.04 Å². The third kappa shape index (κ3) is 4.34. The minimum Gasteiger partial charge on any atom is -0.444 e. The maximum atomic E-state index is 13.6. The minimum atomic E-state index is -0.542. The summed E-state index contributed by atoms with van der Waals surface area (Å²) in [6, 6.07) is 4.50. The number of carbonyl (C=O) groups excluding carboxylic acids is 1. The highest BCUT2D eigenvalue weighted by Crippen LogP contribution is 2.32. The molecule has 0 radical (unpaired) electrons. The van der Waals surface area contributed by atoms with Crippen molar-refractivity contribution < 1.29 is 13.9 Å². The number of rotatable bonds is 2. The molecule has 128 valence electrons. The summed E-state index contributed by atoms with van der Waals surface area (Å²) in [6.45, 7) is 7.45. The zero-order valence-corrected chi connectivity index (χ0v) is 14.5. The SMILES string of the molecule is CN(C)c1cc(F)ccc1C1CNCCN1C(=O)OC(C)(C)C. The van der Waals surface area contributed by atoms with E-state index in [4.69, 9.17) is 4.74 Å². The third-order valence-corrected chi connectivity index (χ3v) is 3.70. The van der Waals surface area contributed by atoms with Crippen molar-refractivity contribution in [2.75, 3.05) is 38.6 Å². The fourth-order valence-electron chi connectivity index (χ4n) is 2.71. The maximum absolute atomic E-state index is 13.6. The minimum absolute atomic E-state index is 0.184. The van der Waals surface area contributed by atoms with Crippen molar-refractivity contribution in [3.63, 3.8) is 0 Å². The Balaban J connectivity index is 2.33. The van der Waals surface area contributed by atoms with Gasteiger partial charge >= 0.3 is 6.09 Å². The van der Waals surface area contributed by atoms with Gasteiger partial charge in [0.2, 0.25) is 0 Å². The van der Waals surface area contributed by atoms with E-state index in [1.165, 1.54) is 12.1 Å². The smallest absolute Gasteiger partial charge is 0.410 e. The Labute approximate surface area is 137 Å². The highest BCUT2D eigenvalue weighted by atomic mass is 19.1. The van der Waals surface area contributed by atoms with Crippen LogP contribution in [0.5, 0.6) is 0 Å². The van der Waals surface area contributed by atoms with Crippen molar-refractivity contribution >= 4 is 11.8 Å². The summed E-state index contributed by atoms with van der Waals surface area (Å²) >= 11 is 0. The summed E-state index contributed by atoms with van der Waals surface area (Å²) < 4.78 is 19.1. The van der Waals surface area contributed by atoms with Crippen LogP contribution in [-0.4, -0.2) is 50.3 Å². The van der Waals surface area contributed by atoms with Gasteiger partial charge in [0.25, 0.3) is 0 Å². The van der Waals surface area contributed by atoms with E-state index in [2.05, 4.69) is 5.32 Å². The molecule has 1 amide bonds. The first-order valence-corrected chi connectivity index (χ1v) is 7.86. The first kappa shape index (κ1) is 17.5. The summed E-state index contributed by atoms with van der Waals surface area (Å²) in [5, 5.41) is 3.30. The van der Waals surface area contributed by atoms with Gasteiger partial charge in [-0.05, 0) is 38.5 Å². The molecule has 1 aromatic rings. The zero-order valence-electron chi connectivity index (χ0n) is 14.5. The van der Waals surface area contributed by atoms with E-state index in [1.54, 1.807) is 11.0 Å². The van der Waals surface area contributed by atoms with Gasteiger partial charge in [-0.25, -0.2) is 9.18 Å². The number of nitrogens with one attached hydrogen (secondary N) is 1. The Morgan fingerprint density at radius 3 is 2.70 bits per heavy atom. The lowest BCUT2D eigenvalue weighted by Crippen LogP contribution is -2.50. The van der Waals surface area contributed by atoms with Crippen LogP contribution in [0, 0.1) is 5.82 Å². The van der Waals surface area contributed by atoms with Gasteiger partial charge in [0.1, 0.15) is 11.4 Å². The van der Waals surface area contributed by atoms with Crippen molar-refractivity contribution in [2.45, 2.75) is 32.4 Å². The second kappa shape index (κ2) is 6.74. The topological polar surface area (TPSA) is 44.8 Å². The molecule has 23 heavy (non-hydrogen) atoms. The van der Waals surface area contributed by atoms with Crippen LogP contribution in [0.2, 0.25) is 0 Å². The van der Waals surface area contributed by atoms with Crippen molar-refractivity contribution in [3.8, 4) is 0 Å². The van der Waals surface area contributed by atoms with E-state index < -0.39 is 5.60 Å². The second-order valence-corrected chi connectivity index (χ2v) is 6.99. The first-order valence-electron chi connectivity index (χ1n) is 7.86. The molecule has 0 bridgehead atoms. The second-order valence-electron chi connectivity index (χ2n) is 6.99. The van der Waals surface area contributed by atoms with E-state index >= 15 is 0 Å². The van der Waals surface area contributed by atoms with E-state index in [-0.39, 0.29) is 18.0 Å². The number of ether oxygens (including phenoxy) is 1. The van der Waals surface area contributed by atoms with Gasteiger partial charge in [0.15, 0.2) is 0 Å². The molecule has 1 unspecified atom stereocenters. The monoisotopic (exact) mass is 323 g/mol. The van der Waals surface area contributed by atoms with Crippen LogP contribution in [0.3, 0.4) is 0 Å². The van der Waals surface area contributed by atoms with Gasteiger partial charge < -0.3 is 15.0 Å². The number of anilines is 1. The van der Waals surface area contributed by atoms with Crippen LogP contribution in [0.15, 0.2) is 18.2 Å². The Morgan fingerprint density at radius 1 is 1.39 bits per heavy atom. The van der Waals surface area contributed by atoms with Crippen molar-refractivity contribution in [3.05, 3.63) is 29.6 Å². The lowest BCUT2D eigenvalue weighted by Gasteiger charge is -2.38. The quantitative estimate of drug-likeness (QED) is 0.909. The fraction of sp³-hybridized carbons (Fsp3) is 0.588. The van der Waals surface area contributed by atoms with E-state index in [0.29, 0.717) is 19.6 Å². The number of halogens is 1. The molecule has 0 spiro atoms. The van der Waals surface area contributed by atoms with Gasteiger partial charge in [-0.15, -0.1) is 0 Å². The molecule has 1 heterocycles. The summed E-state index contributed by atoms with van der Waals surface area (Å²) in [5.74, 6) is -0.287. The predicted molar refractivity (Wildman–Crippen MR) is 89.3 cm³/mol. The molecule has 0 aromatic heterocycles. The van der Waals surface area contributed by atoms with Gasteiger partial charge in [-0.2, -0.15) is 0 Å². The number of amides is 1. The Bertz CT molecular complexity index is 569. The molecular weight excluding hydrogens is 297 g/mol. The standard InChI is InChI=1S/C17H26FN3O2/c1-17(2,3)23-16(22)21-9-8-19-11-15(21)13-7-6-12(18)10-14(13)20(4)5/h6-7,10,15,19H,8-9,11H2,1-5H3. The molecule has 5 nitrogen and oxygen atoms in total. The van der Waals surface area contributed by atoms with Gasteiger partial charge in [-0.3, -0.25) is 4.90 Å². The molecule has 1 aromatic carbocycles. The maximum Gasteiger partial charge on any atom is 0.410 e. The molecule has 0 saturated carbocycles. The average molecular weight is 323 g/mol. The highest BCUT2D eigenvalue weighted by Gasteiger charge is 2.32. The van der Waals surface area contributed by atoms with Crippen LogP contribution in [-0.2, 0) is 4.74 Å². The molecule has 1 aliphatic heterocycles. The molecule has 1 N–H and O–H groups in total. The summed E-state index contributed by atoms with van der Waals surface area (Å²) in [5.41, 5.74) is 1.14. The fourth-order valence-corrected chi connectivity index (χ4v) is 2.71. The van der Waals surface area contributed by atoms with Crippen molar-refractivity contribution in [1.29, 1.82) is 0 Å². The lowest BCUT2D eigenvalue weighted by molar-refractivity contribution is 0.0118. The van der Waals surface area contributed by atoms with Crippen LogP contribution in [0.4, 0.5) is 14.9 Å². The molecule has 1 aliphatic rings. The number of hydrogen-bond acceptors (Lipinski definition) is 4. The van der Waals surface area contributed by atoms with Gasteiger partial charge in [-0.1, -0.05) is 6.07 Å². The van der Waals surface area contributed by atoms with E-state index in [1.807, 2.05) is 39.8 Å². The number of piperazine rings is 1. The van der Waals surface area contributed by atoms with Crippen molar-refractivity contribution in [2.24, 2.45) is 0 Å². The van der Waals surface area contributed by atoms with Crippen LogP contribution < -0.4 is 10.2 Å². The number of hydrogen-bond donors (Lipinski definition) is 1. The van der Waals surface area contributed by atoms with E-state index in [9.17, 15) is 9.18 Å². The Hall–Kier alpha value is -1.82. The molecular formula is C17H26FN3O2. The van der Waals surface area contributed by atoms with Crippen LogP contribution >= 0.6 is 0 Å². The van der Waals surface area contributed by atoms with Gasteiger partial charge in [0, 0.05) is 39.4 Å². The Kier molecular flexibility index (Phi) is 5.14. The van der Waals surface area contributed by atoms with Crippen molar-refractivity contribution in [1.82, 2.24) is 10.2 Å².